The molecule has 0 bridgehead atoms. The largest absolute Gasteiger partial charge is 0.490 e. The Hall–Kier alpha value is -1.26. The lowest BCUT2D eigenvalue weighted by Crippen LogP contribution is -2.34. The summed E-state index contributed by atoms with van der Waals surface area (Å²) in [7, 11) is 0. The summed E-state index contributed by atoms with van der Waals surface area (Å²) in [6, 6.07) is 7.55. The number of benzene rings is 1. The Morgan fingerprint density at radius 1 is 1.36 bits per heavy atom. The molecule has 2 fully saturated rings. The van der Waals surface area contributed by atoms with Gasteiger partial charge in [0.05, 0.1) is 6.10 Å². The molecule has 0 aromatic heterocycles. The Balaban J connectivity index is 0.00000176. The van der Waals surface area contributed by atoms with Crippen LogP contribution in [-0.4, -0.2) is 36.5 Å². The molecule has 1 aromatic carbocycles. The summed E-state index contributed by atoms with van der Waals surface area (Å²) in [5.41, 5.74) is 6.61. The van der Waals surface area contributed by atoms with Crippen LogP contribution in [0.4, 0.5) is 0 Å². The van der Waals surface area contributed by atoms with Crippen molar-refractivity contribution in [3.05, 3.63) is 29.8 Å². The molecule has 5 heteroatoms. The van der Waals surface area contributed by atoms with Crippen LogP contribution in [0.2, 0.25) is 0 Å². The van der Waals surface area contributed by atoms with Crippen LogP contribution in [0, 0.1) is 5.41 Å². The van der Waals surface area contributed by atoms with Gasteiger partial charge in [0.2, 0.25) is 0 Å². The van der Waals surface area contributed by atoms with Crippen LogP contribution in [0.1, 0.15) is 43.0 Å². The quantitative estimate of drug-likeness (QED) is 0.926. The number of likely N-dealkylation sites (tertiary alicyclic amines) is 1. The molecule has 1 saturated heterocycles. The number of hydrogen-bond acceptors (Lipinski definition) is 3. The van der Waals surface area contributed by atoms with Gasteiger partial charge >= 0.3 is 0 Å². The van der Waals surface area contributed by atoms with Gasteiger partial charge in [0.1, 0.15) is 5.75 Å². The predicted molar refractivity (Wildman–Crippen MR) is 89.6 cm³/mol. The number of hydrogen-bond donors (Lipinski definition) is 1. The molecular formula is C17H25ClN2O2. The van der Waals surface area contributed by atoms with Gasteiger partial charge in [-0.15, -0.1) is 12.4 Å². The minimum atomic E-state index is 0. The first kappa shape index (κ1) is 17.1. The smallest absolute Gasteiger partial charge is 0.253 e. The normalized spacial score (nSPS) is 24.5. The Bertz CT molecular complexity index is 516. The van der Waals surface area contributed by atoms with E-state index in [1.54, 1.807) is 0 Å². The van der Waals surface area contributed by atoms with E-state index < -0.39 is 0 Å². The lowest BCUT2D eigenvalue weighted by molar-refractivity contribution is 0.0776. The highest BCUT2D eigenvalue weighted by Gasteiger charge is 2.35. The lowest BCUT2D eigenvalue weighted by Gasteiger charge is -2.26. The van der Waals surface area contributed by atoms with Crippen molar-refractivity contribution in [3.63, 3.8) is 0 Å². The predicted octanol–water partition coefficient (Wildman–Crippen LogP) is 2.85. The second-order valence-corrected chi connectivity index (χ2v) is 6.69. The summed E-state index contributed by atoms with van der Waals surface area (Å²) in [6.07, 6.45) is 4.90. The van der Waals surface area contributed by atoms with E-state index in [9.17, 15) is 4.79 Å². The maximum atomic E-state index is 12.5. The van der Waals surface area contributed by atoms with Gasteiger partial charge in [0.15, 0.2) is 0 Å². The Kier molecular flexibility index (Phi) is 5.35. The highest BCUT2D eigenvalue weighted by molar-refractivity contribution is 5.94. The second kappa shape index (κ2) is 6.88. The number of carbonyl (C=O) groups is 1. The molecule has 0 spiro atoms. The van der Waals surface area contributed by atoms with Crippen molar-refractivity contribution in [3.8, 4) is 5.75 Å². The van der Waals surface area contributed by atoms with Gasteiger partial charge < -0.3 is 15.4 Å². The molecule has 2 aliphatic rings. The van der Waals surface area contributed by atoms with E-state index in [1.165, 1.54) is 6.42 Å². The van der Waals surface area contributed by atoms with E-state index in [1.807, 2.05) is 29.2 Å². The summed E-state index contributed by atoms with van der Waals surface area (Å²) in [5.74, 6) is 0.965. The molecule has 1 aromatic rings. The summed E-state index contributed by atoms with van der Waals surface area (Å²) < 4.78 is 5.82. The van der Waals surface area contributed by atoms with E-state index in [0.717, 1.165) is 43.7 Å². The van der Waals surface area contributed by atoms with Crippen molar-refractivity contribution in [2.75, 3.05) is 19.6 Å². The van der Waals surface area contributed by atoms with Crippen LogP contribution in [0.25, 0.3) is 0 Å². The Morgan fingerprint density at radius 2 is 2.05 bits per heavy atom. The monoisotopic (exact) mass is 324 g/mol. The van der Waals surface area contributed by atoms with Crippen molar-refractivity contribution >= 4 is 18.3 Å². The van der Waals surface area contributed by atoms with Crippen LogP contribution in [0.3, 0.4) is 0 Å². The van der Waals surface area contributed by atoms with Crippen LogP contribution in [0.5, 0.6) is 5.75 Å². The second-order valence-electron chi connectivity index (χ2n) is 6.69. The van der Waals surface area contributed by atoms with E-state index >= 15 is 0 Å². The third-order valence-electron chi connectivity index (χ3n) is 4.79. The SMILES string of the molecule is CC1(CN)CCN(C(=O)c2ccc(OC3CCC3)cc2)C1.Cl. The molecule has 1 amide bonds. The molecule has 2 N–H and O–H groups in total. The van der Waals surface area contributed by atoms with E-state index in [4.69, 9.17) is 10.5 Å². The zero-order chi connectivity index (χ0) is 14.9. The zero-order valence-corrected chi connectivity index (χ0v) is 13.9. The van der Waals surface area contributed by atoms with Gasteiger partial charge in [-0.1, -0.05) is 6.92 Å². The van der Waals surface area contributed by atoms with E-state index in [2.05, 4.69) is 6.92 Å². The summed E-state index contributed by atoms with van der Waals surface area (Å²) >= 11 is 0. The molecule has 1 heterocycles. The number of halogens is 1. The molecule has 122 valence electrons. The first-order valence-electron chi connectivity index (χ1n) is 7.86. The van der Waals surface area contributed by atoms with E-state index in [-0.39, 0.29) is 23.7 Å². The Labute approximate surface area is 138 Å². The molecule has 1 saturated carbocycles. The van der Waals surface area contributed by atoms with Gasteiger partial charge in [-0.3, -0.25) is 4.79 Å². The highest BCUT2D eigenvalue weighted by atomic mass is 35.5. The van der Waals surface area contributed by atoms with Crippen LogP contribution < -0.4 is 10.5 Å². The Morgan fingerprint density at radius 3 is 2.55 bits per heavy atom. The molecule has 4 nitrogen and oxygen atoms in total. The minimum absolute atomic E-state index is 0. The third-order valence-corrected chi connectivity index (χ3v) is 4.79. The number of nitrogens with two attached hydrogens (primary N) is 1. The molecule has 3 rings (SSSR count). The molecule has 1 atom stereocenters. The fraction of sp³-hybridized carbons (Fsp3) is 0.588. The van der Waals surface area contributed by atoms with Crippen molar-refractivity contribution in [2.24, 2.45) is 11.1 Å². The standard InChI is InChI=1S/C17H24N2O2.ClH/c1-17(11-18)9-10-19(12-17)16(20)13-5-7-15(8-6-13)21-14-3-2-4-14;/h5-8,14H,2-4,9-12,18H2,1H3;1H. The molecule has 1 unspecified atom stereocenters. The van der Waals surface area contributed by atoms with Crippen LogP contribution in [0.15, 0.2) is 24.3 Å². The van der Waals surface area contributed by atoms with Gasteiger partial charge in [0, 0.05) is 18.7 Å². The maximum Gasteiger partial charge on any atom is 0.253 e. The highest BCUT2D eigenvalue weighted by Crippen LogP contribution is 2.30. The number of carbonyl (C=O) groups excluding carboxylic acids is 1. The molecule has 1 aliphatic heterocycles. The summed E-state index contributed by atoms with van der Waals surface area (Å²) in [4.78, 5) is 14.4. The zero-order valence-electron chi connectivity index (χ0n) is 13.1. The third kappa shape index (κ3) is 3.55. The molecule has 0 radical (unpaired) electrons. The maximum absolute atomic E-state index is 12.5. The molecular weight excluding hydrogens is 300 g/mol. The number of nitrogens with zero attached hydrogens (tertiary/aromatic N) is 1. The first-order chi connectivity index (χ1) is 10.1. The fourth-order valence-electron chi connectivity index (χ4n) is 2.90. The average Bonchev–Trinajstić information content (AvgIpc) is 2.86. The van der Waals surface area contributed by atoms with Crippen molar-refractivity contribution in [1.82, 2.24) is 4.90 Å². The van der Waals surface area contributed by atoms with Gasteiger partial charge in [-0.05, 0) is 61.9 Å². The average molecular weight is 325 g/mol. The van der Waals surface area contributed by atoms with Gasteiger partial charge in [0.25, 0.3) is 5.91 Å². The van der Waals surface area contributed by atoms with Crippen molar-refractivity contribution in [2.45, 2.75) is 38.7 Å². The number of amides is 1. The molecule has 22 heavy (non-hydrogen) atoms. The lowest BCUT2D eigenvalue weighted by atomic mass is 9.90. The summed E-state index contributed by atoms with van der Waals surface area (Å²) in [6.45, 7) is 4.33. The van der Waals surface area contributed by atoms with Gasteiger partial charge in [-0.25, -0.2) is 0 Å². The van der Waals surface area contributed by atoms with E-state index in [0.29, 0.717) is 12.6 Å². The van der Waals surface area contributed by atoms with Crippen LogP contribution >= 0.6 is 12.4 Å². The summed E-state index contributed by atoms with van der Waals surface area (Å²) in [5, 5.41) is 0. The minimum Gasteiger partial charge on any atom is -0.490 e. The van der Waals surface area contributed by atoms with Crippen molar-refractivity contribution in [1.29, 1.82) is 0 Å². The first-order valence-corrected chi connectivity index (χ1v) is 7.86. The topological polar surface area (TPSA) is 55.6 Å². The molecule has 1 aliphatic carbocycles. The van der Waals surface area contributed by atoms with Crippen LogP contribution in [-0.2, 0) is 0 Å². The van der Waals surface area contributed by atoms with Crippen molar-refractivity contribution < 1.29 is 9.53 Å². The fourth-order valence-corrected chi connectivity index (χ4v) is 2.90. The number of rotatable bonds is 4. The number of ether oxygens (including phenoxy) is 1. The van der Waals surface area contributed by atoms with Gasteiger partial charge in [-0.2, -0.15) is 0 Å².